The van der Waals surface area contributed by atoms with Gasteiger partial charge in [-0.05, 0) is 19.4 Å². The molecule has 1 fully saturated rings. The zero-order valence-electron chi connectivity index (χ0n) is 10.8. The highest BCUT2D eigenvalue weighted by Gasteiger charge is 2.21. The van der Waals surface area contributed by atoms with Gasteiger partial charge in [-0.1, -0.05) is 5.16 Å². The molecule has 2 aromatic rings. The zero-order valence-corrected chi connectivity index (χ0v) is 10.8. The van der Waals surface area contributed by atoms with Crippen LogP contribution in [0.15, 0.2) is 21.3 Å². The van der Waals surface area contributed by atoms with E-state index in [1.54, 1.807) is 6.26 Å². The van der Waals surface area contributed by atoms with Gasteiger partial charge >= 0.3 is 0 Å². The third-order valence-electron chi connectivity index (χ3n) is 3.30. The molecular formula is C13H15N3O3. The first kappa shape index (κ1) is 12.0. The Hall–Kier alpha value is -2.11. The van der Waals surface area contributed by atoms with Crippen LogP contribution in [0.25, 0.3) is 11.7 Å². The Morgan fingerprint density at radius 2 is 2.37 bits per heavy atom. The van der Waals surface area contributed by atoms with Crippen LogP contribution >= 0.6 is 0 Å². The summed E-state index contributed by atoms with van der Waals surface area (Å²) in [5, 5.41) is 3.92. The molecule has 19 heavy (non-hydrogen) atoms. The minimum absolute atomic E-state index is 0.214. The molecule has 3 rings (SSSR count). The first-order chi connectivity index (χ1) is 9.24. The van der Waals surface area contributed by atoms with Crippen molar-refractivity contribution < 1.29 is 13.7 Å². The van der Waals surface area contributed by atoms with Gasteiger partial charge < -0.3 is 13.8 Å². The molecule has 0 spiro atoms. The monoisotopic (exact) mass is 261 g/mol. The van der Waals surface area contributed by atoms with Crippen molar-refractivity contribution in [2.45, 2.75) is 26.2 Å². The number of aryl methyl sites for hydroxylation is 1. The Bertz CT molecular complexity index is 587. The molecule has 1 aliphatic heterocycles. The molecule has 3 heterocycles. The maximum Gasteiger partial charge on any atom is 0.293 e. The number of furan rings is 1. The molecular weight excluding hydrogens is 246 g/mol. The first-order valence-corrected chi connectivity index (χ1v) is 6.39. The predicted octanol–water partition coefficient (Wildman–Crippen LogP) is 1.80. The van der Waals surface area contributed by atoms with Crippen LogP contribution in [0.2, 0.25) is 0 Å². The van der Waals surface area contributed by atoms with E-state index < -0.39 is 0 Å². The molecule has 100 valence electrons. The molecule has 0 unspecified atom stereocenters. The summed E-state index contributed by atoms with van der Waals surface area (Å²) in [5.41, 5.74) is 0.963. The summed E-state index contributed by atoms with van der Waals surface area (Å²) >= 11 is 0. The summed E-state index contributed by atoms with van der Waals surface area (Å²) < 4.78 is 10.5. The molecule has 0 radical (unpaired) electrons. The number of hydrogen-bond acceptors (Lipinski definition) is 5. The quantitative estimate of drug-likeness (QED) is 0.839. The second kappa shape index (κ2) is 4.87. The van der Waals surface area contributed by atoms with Crippen LogP contribution in [0.5, 0.6) is 0 Å². The van der Waals surface area contributed by atoms with Crippen molar-refractivity contribution in [2.75, 3.05) is 13.1 Å². The molecule has 1 saturated heterocycles. The van der Waals surface area contributed by atoms with E-state index in [1.165, 1.54) is 0 Å². The fourth-order valence-electron chi connectivity index (χ4n) is 2.21. The van der Waals surface area contributed by atoms with Gasteiger partial charge in [-0.2, -0.15) is 4.98 Å². The smallest absolute Gasteiger partial charge is 0.293 e. The number of nitrogens with zero attached hydrogens (tertiary/aromatic N) is 3. The summed E-state index contributed by atoms with van der Waals surface area (Å²) in [6, 6.07) is 1.85. The van der Waals surface area contributed by atoms with Crippen LogP contribution in [0.3, 0.4) is 0 Å². The van der Waals surface area contributed by atoms with Crippen LogP contribution in [-0.2, 0) is 11.2 Å². The SMILES string of the molecule is Cc1ccoc1-c1nc(CCN2CCCC2=O)no1. The van der Waals surface area contributed by atoms with Gasteiger partial charge in [0.25, 0.3) is 5.89 Å². The van der Waals surface area contributed by atoms with Crippen molar-refractivity contribution in [3.8, 4) is 11.7 Å². The van der Waals surface area contributed by atoms with Gasteiger partial charge in [-0.15, -0.1) is 0 Å². The van der Waals surface area contributed by atoms with Crippen molar-refractivity contribution >= 4 is 5.91 Å². The van der Waals surface area contributed by atoms with Gasteiger partial charge in [-0.3, -0.25) is 4.79 Å². The van der Waals surface area contributed by atoms with Gasteiger partial charge in [-0.25, -0.2) is 0 Å². The zero-order chi connectivity index (χ0) is 13.2. The van der Waals surface area contributed by atoms with Crippen molar-refractivity contribution in [2.24, 2.45) is 0 Å². The average molecular weight is 261 g/mol. The second-order valence-electron chi connectivity index (χ2n) is 4.68. The van der Waals surface area contributed by atoms with Gasteiger partial charge in [0.05, 0.1) is 6.26 Å². The summed E-state index contributed by atoms with van der Waals surface area (Å²) in [6.45, 7) is 3.40. The van der Waals surface area contributed by atoms with E-state index in [0.29, 0.717) is 36.9 Å². The molecule has 6 nitrogen and oxygen atoms in total. The number of rotatable bonds is 4. The highest BCUT2D eigenvalue weighted by atomic mass is 16.5. The van der Waals surface area contributed by atoms with E-state index >= 15 is 0 Å². The molecule has 0 N–H and O–H groups in total. The van der Waals surface area contributed by atoms with Gasteiger partial charge in [0.1, 0.15) is 0 Å². The van der Waals surface area contributed by atoms with Crippen LogP contribution in [0, 0.1) is 6.92 Å². The molecule has 0 aromatic carbocycles. The fraction of sp³-hybridized carbons (Fsp3) is 0.462. The summed E-state index contributed by atoms with van der Waals surface area (Å²) in [4.78, 5) is 17.6. The first-order valence-electron chi connectivity index (χ1n) is 6.39. The lowest BCUT2D eigenvalue weighted by molar-refractivity contribution is -0.127. The molecule has 0 aliphatic carbocycles. The second-order valence-corrected chi connectivity index (χ2v) is 4.68. The summed E-state index contributed by atoms with van der Waals surface area (Å²) in [5.74, 6) is 1.82. The Morgan fingerprint density at radius 3 is 3.05 bits per heavy atom. The number of hydrogen-bond donors (Lipinski definition) is 0. The molecule has 0 bridgehead atoms. The van der Waals surface area contributed by atoms with Crippen molar-refractivity contribution in [1.29, 1.82) is 0 Å². The molecule has 6 heteroatoms. The molecule has 0 atom stereocenters. The van der Waals surface area contributed by atoms with Gasteiger partial charge in [0.15, 0.2) is 11.6 Å². The van der Waals surface area contributed by atoms with E-state index in [1.807, 2.05) is 17.9 Å². The maximum atomic E-state index is 11.5. The van der Waals surface area contributed by atoms with Crippen molar-refractivity contribution in [1.82, 2.24) is 15.0 Å². The van der Waals surface area contributed by atoms with Gasteiger partial charge in [0.2, 0.25) is 5.91 Å². The number of carbonyl (C=O) groups excluding carboxylic acids is 1. The maximum absolute atomic E-state index is 11.5. The third-order valence-corrected chi connectivity index (χ3v) is 3.30. The minimum Gasteiger partial charge on any atom is -0.459 e. The van der Waals surface area contributed by atoms with E-state index in [0.717, 1.165) is 18.5 Å². The van der Waals surface area contributed by atoms with Crippen LogP contribution in [0.1, 0.15) is 24.2 Å². The highest BCUT2D eigenvalue weighted by molar-refractivity contribution is 5.78. The normalized spacial score (nSPS) is 15.4. The van der Waals surface area contributed by atoms with Crippen LogP contribution in [0.4, 0.5) is 0 Å². The minimum atomic E-state index is 0.214. The molecule has 1 aliphatic rings. The van der Waals surface area contributed by atoms with Crippen LogP contribution < -0.4 is 0 Å². The van der Waals surface area contributed by atoms with E-state index in [9.17, 15) is 4.79 Å². The number of carbonyl (C=O) groups is 1. The van der Waals surface area contributed by atoms with Crippen LogP contribution in [-0.4, -0.2) is 34.0 Å². The Balaban J connectivity index is 1.65. The fourth-order valence-corrected chi connectivity index (χ4v) is 2.21. The Labute approximate surface area is 110 Å². The Kier molecular flexibility index (Phi) is 3.06. The molecule has 1 amide bonds. The average Bonchev–Trinajstić information content (AvgIpc) is 3.08. The molecule has 2 aromatic heterocycles. The molecule has 0 saturated carbocycles. The van der Waals surface area contributed by atoms with Crippen molar-refractivity contribution in [3.05, 3.63) is 23.7 Å². The van der Waals surface area contributed by atoms with Gasteiger partial charge in [0, 0.05) is 31.5 Å². The predicted molar refractivity (Wildman–Crippen MR) is 66.3 cm³/mol. The standard InChI is InChI=1S/C13H15N3O3/c1-9-5-8-18-12(9)13-14-10(15-19-13)4-7-16-6-2-3-11(16)17/h5,8H,2-4,6-7H2,1H3. The van der Waals surface area contributed by atoms with E-state index in [-0.39, 0.29) is 5.91 Å². The number of likely N-dealkylation sites (tertiary alicyclic amines) is 1. The van der Waals surface area contributed by atoms with E-state index in [4.69, 9.17) is 8.94 Å². The largest absolute Gasteiger partial charge is 0.459 e. The summed E-state index contributed by atoms with van der Waals surface area (Å²) in [6.07, 6.45) is 3.80. The number of aromatic nitrogens is 2. The Morgan fingerprint density at radius 1 is 1.47 bits per heavy atom. The topological polar surface area (TPSA) is 72.4 Å². The highest BCUT2D eigenvalue weighted by Crippen LogP contribution is 2.22. The number of amides is 1. The summed E-state index contributed by atoms with van der Waals surface area (Å²) in [7, 11) is 0. The third kappa shape index (κ3) is 2.38. The lowest BCUT2D eigenvalue weighted by atomic mass is 10.3. The van der Waals surface area contributed by atoms with E-state index in [2.05, 4.69) is 10.1 Å². The van der Waals surface area contributed by atoms with Crippen molar-refractivity contribution in [3.63, 3.8) is 0 Å². The lowest BCUT2D eigenvalue weighted by Gasteiger charge is -2.13. The lowest BCUT2D eigenvalue weighted by Crippen LogP contribution is -2.27.